The number of benzene rings is 1. The van der Waals surface area contributed by atoms with E-state index in [1.54, 1.807) is 25.3 Å². The Labute approximate surface area is 154 Å². The highest BCUT2D eigenvalue weighted by Gasteiger charge is 2.28. The number of nitrogens with zero attached hydrogens (tertiary/aromatic N) is 2. The Balaban J connectivity index is 1.81. The van der Waals surface area contributed by atoms with E-state index in [1.807, 2.05) is 7.05 Å². The molecule has 1 aromatic carbocycles. The molecule has 2 N–H and O–H groups in total. The molecule has 1 aromatic rings. The molecule has 2 aliphatic rings. The fourth-order valence-corrected chi connectivity index (χ4v) is 4.42. The Bertz CT molecular complexity index is 742. The Hall–Kier alpha value is -1.42. The molecule has 0 bridgehead atoms. The Kier molecular flexibility index (Phi) is 5.47. The van der Waals surface area contributed by atoms with Crippen LogP contribution in [-0.4, -0.2) is 69.1 Å². The summed E-state index contributed by atoms with van der Waals surface area (Å²) in [5.74, 6) is 0.553. The molecule has 0 amide bonds. The van der Waals surface area contributed by atoms with Gasteiger partial charge in [-0.1, -0.05) is 0 Å². The van der Waals surface area contributed by atoms with E-state index in [0.717, 1.165) is 25.9 Å². The molecular weight excluding hydrogens is 360 g/mol. The van der Waals surface area contributed by atoms with E-state index < -0.39 is 10.0 Å². The van der Waals surface area contributed by atoms with Crippen LogP contribution >= 0.6 is 12.2 Å². The van der Waals surface area contributed by atoms with Crippen LogP contribution in [-0.2, 0) is 10.0 Å². The first-order valence-electron chi connectivity index (χ1n) is 8.34. The fourth-order valence-electron chi connectivity index (χ4n) is 2.69. The van der Waals surface area contributed by atoms with Crippen LogP contribution in [0.2, 0.25) is 0 Å². The van der Waals surface area contributed by atoms with Crippen LogP contribution in [0.3, 0.4) is 0 Å². The summed E-state index contributed by atoms with van der Waals surface area (Å²) >= 11 is 5.29. The summed E-state index contributed by atoms with van der Waals surface area (Å²) in [6, 6.07) is 5.25. The first-order chi connectivity index (χ1) is 11.9. The molecule has 0 atom stereocenters. The summed E-state index contributed by atoms with van der Waals surface area (Å²) in [7, 11) is 0.00936. The van der Waals surface area contributed by atoms with Crippen molar-refractivity contribution >= 4 is 33.0 Å². The highest BCUT2D eigenvalue weighted by atomic mass is 32.2. The smallest absolute Gasteiger partial charge is 0.243 e. The first kappa shape index (κ1) is 18.4. The second-order valence-corrected chi connectivity index (χ2v) is 8.79. The van der Waals surface area contributed by atoms with E-state index in [4.69, 9.17) is 17.0 Å². The predicted octanol–water partition coefficient (Wildman–Crippen LogP) is 1.08. The minimum absolute atomic E-state index is 0.245. The van der Waals surface area contributed by atoms with Gasteiger partial charge in [-0.15, -0.1) is 0 Å². The SMILES string of the molecule is COc1ccc(S(=O)(=O)N2CCN(C)CC2)cc1NC(=S)NC1CC1. The third-order valence-electron chi connectivity index (χ3n) is 4.43. The number of rotatable bonds is 5. The van der Waals surface area contributed by atoms with Crippen LogP contribution in [0.5, 0.6) is 5.75 Å². The number of ether oxygens (including phenoxy) is 1. The molecule has 0 radical (unpaired) electrons. The zero-order chi connectivity index (χ0) is 18.0. The molecule has 2 fully saturated rings. The maximum atomic E-state index is 12.9. The van der Waals surface area contributed by atoms with Crippen molar-refractivity contribution in [2.24, 2.45) is 0 Å². The largest absolute Gasteiger partial charge is 0.495 e. The summed E-state index contributed by atoms with van der Waals surface area (Å²) in [5, 5.41) is 6.72. The van der Waals surface area contributed by atoms with E-state index in [2.05, 4.69) is 15.5 Å². The highest BCUT2D eigenvalue weighted by Crippen LogP contribution is 2.29. The van der Waals surface area contributed by atoms with Crippen molar-refractivity contribution in [3.05, 3.63) is 18.2 Å². The lowest BCUT2D eigenvalue weighted by molar-refractivity contribution is 0.222. The molecule has 1 aliphatic heterocycles. The number of sulfonamides is 1. The molecule has 0 unspecified atom stereocenters. The van der Waals surface area contributed by atoms with Crippen molar-refractivity contribution in [1.29, 1.82) is 0 Å². The van der Waals surface area contributed by atoms with E-state index in [1.165, 1.54) is 4.31 Å². The Morgan fingerprint density at radius 1 is 1.24 bits per heavy atom. The number of hydrogen-bond donors (Lipinski definition) is 2. The van der Waals surface area contributed by atoms with E-state index in [0.29, 0.717) is 35.7 Å². The fraction of sp³-hybridized carbons (Fsp3) is 0.562. The van der Waals surface area contributed by atoms with Gasteiger partial charge in [0.1, 0.15) is 5.75 Å². The maximum absolute atomic E-state index is 12.9. The maximum Gasteiger partial charge on any atom is 0.243 e. The van der Waals surface area contributed by atoms with Gasteiger partial charge < -0.3 is 20.3 Å². The molecule has 3 rings (SSSR count). The van der Waals surface area contributed by atoms with Crippen molar-refractivity contribution in [2.45, 2.75) is 23.8 Å². The van der Waals surface area contributed by atoms with Gasteiger partial charge in [0.05, 0.1) is 17.7 Å². The molecule has 1 heterocycles. The van der Waals surface area contributed by atoms with Crippen molar-refractivity contribution < 1.29 is 13.2 Å². The topological polar surface area (TPSA) is 73.9 Å². The van der Waals surface area contributed by atoms with E-state index in [-0.39, 0.29) is 4.90 Å². The van der Waals surface area contributed by atoms with Crippen LogP contribution in [0.15, 0.2) is 23.1 Å². The normalized spacial score (nSPS) is 19.4. The lowest BCUT2D eigenvalue weighted by Gasteiger charge is -2.31. The van der Waals surface area contributed by atoms with Gasteiger partial charge in [0.25, 0.3) is 0 Å². The number of hydrogen-bond acceptors (Lipinski definition) is 5. The van der Waals surface area contributed by atoms with E-state index >= 15 is 0 Å². The highest BCUT2D eigenvalue weighted by molar-refractivity contribution is 7.89. The van der Waals surface area contributed by atoms with Gasteiger partial charge in [-0.05, 0) is 50.3 Å². The molecule has 9 heteroatoms. The monoisotopic (exact) mass is 384 g/mol. The van der Waals surface area contributed by atoms with E-state index in [9.17, 15) is 8.42 Å². The lowest BCUT2D eigenvalue weighted by atomic mass is 10.3. The van der Waals surface area contributed by atoms with Gasteiger partial charge in [0.2, 0.25) is 10.0 Å². The Morgan fingerprint density at radius 3 is 2.52 bits per heavy atom. The standard InChI is InChI=1S/C16H24N4O3S2/c1-19-7-9-20(10-8-19)25(21,22)13-5-6-15(23-2)14(11-13)18-16(24)17-12-3-4-12/h5-6,11-12H,3-4,7-10H2,1-2H3,(H2,17,18,24). The summed E-state index contributed by atoms with van der Waals surface area (Å²) < 4.78 is 32.7. The third kappa shape index (κ3) is 4.41. The molecular formula is C16H24N4O3S2. The third-order valence-corrected chi connectivity index (χ3v) is 6.55. The van der Waals surface area contributed by atoms with Crippen LogP contribution in [0.4, 0.5) is 5.69 Å². The summed E-state index contributed by atoms with van der Waals surface area (Å²) in [6.07, 6.45) is 2.22. The zero-order valence-electron chi connectivity index (χ0n) is 14.5. The second kappa shape index (κ2) is 7.45. The average Bonchev–Trinajstić information content (AvgIpc) is 3.39. The summed E-state index contributed by atoms with van der Waals surface area (Å²) in [4.78, 5) is 2.37. The molecule has 1 saturated carbocycles. The van der Waals surface area contributed by atoms with Crippen LogP contribution in [0, 0.1) is 0 Å². The first-order valence-corrected chi connectivity index (χ1v) is 10.2. The molecule has 1 saturated heterocycles. The predicted molar refractivity (Wildman–Crippen MR) is 102 cm³/mol. The number of anilines is 1. The van der Waals surface area contributed by atoms with Gasteiger partial charge in [0, 0.05) is 32.2 Å². The summed E-state index contributed by atoms with van der Waals surface area (Å²) in [5.41, 5.74) is 0.552. The zero-order valence-corrected chi connectivity index (χ0v) is 16.1. The van der Waals surface area contributed by atoms with Gasteiger partial charge in [-0.3, -0.25) is 0 Å². The lowest BCUT2D eigenvalue weighted by Crippen LogP contribution is -2.47. The average molecular weight is 385 g/mol. The van der Waals surface area contributed by atoms with Gasteiger partial charge in [-0.25, -0.2) is 8.42 Å². The van der Waals surface area contributed by atoms with Crippen molar-refractivity contribution in [2.75, 3.05) is 45.7 Å². The molecule has 0 aromatic heterocycles. The number of methoxy groups -OCH3 is 1. The van der Waals surface area contributed by atoms with Gasteiger partial charge >= 0.3 is 0 Å². The molecule has 0 spiro atoms. The molecule has 138 valence electrons. The minimum atomic E-state index is -3.53. The summed E-state index contributed by atoms with van der Waals surface area (Å²) in [6.45, 7) is 2.45. The van der Waals surface area contributed by atoms with Crippen LogP contribution in [0.25, 0.3) is 0 Å². The minimum Gasteiger partial charge on any atom is -0.495 e. The van der Waals surface area contributed by atoms with Crippen molar-refractivity contribution in [3.8, 4) is 5.75 Å². The number of thiocarbonyl (C=S) groups is 1. The Morgan fingerprint density at radius 2 is 1.92 bits per heavy atom. The van der Waals surface area contributed by atoms with Crippen molar-refractivity contribution in [3.63, 3.8) is 0 Å². The van der Waals surface area contributed by atoms with Gasteiger partial charge in [0.15, 0.2) is 5.11 Å². The number of nitrogens with one attached hydrogen (secondary N) is 2. The number of piperazine rings is 1. The van der Waals surface area contributed by atoms with Crippen LogP contribution < -0.4 is 15.4 Å². The van der Waals surface area contributed by atoms with Gasteiger partial charge in [-0.2, -0.15) is 4.31 Å². The number of likely N-dealkylation sites (N-methyl/N-ethyl adjacent to an activating group) is 1. The van der Waals surface area contributed by atoms with Crippen LogP contribution in [0.1, 0.15) is 12.8 Å². The molecule has 25 heavy (non-hydrogen) atoms. The quantitative estimate of drug-likeness (QED) is 0.736. The molecule has 1 aliphatic carbocycles. The van der Waals surface area contributed by atoms with Crippen molar-refractivity contribution in [1.82, 2.24) is 14.5 Å². The molecule has 7 nitrogen and oxygen atoms in total. The second-order valence-electron chi connectivity index (χ2n) is 6.44.